The van der Waals surface area contributed by atoms with E-state index in [0.717, 1.165) is 0 Å². The number of azide groups is 1. The maximum Gasteiger partial charge on any atom is 0.340 e. The van der Waals surface area contributed by atoms with Crippen LogP contribution in [0.2, 0.25) is 0 Å². The first kappa shape index (κ1) is 17.5. The molecule has 0 saturated heterocycles. The number of nitrogens with zero attached hydrogens (tertiary/aromatic N) is 3. The molecule has 0 saturated carbocycles. The van der Waals surface area contributed by atoms with E-state index in [-0.39, 0.29) is 18.1 Å². The Morgan fingerprint density at radius 2 is 1.56 bits per heavy atom. The van der Waals surface area contributed by atoms with E-state index in [1.54, 1.807) is 27.7 Å². The van der Waals surface area contributed by atoms with Crippen molar-refractivity contribution in [2.75, 3.05) is 0 Å². The Hall–Kier alpha value is -0.540. The Bertz CT molecular complexity index is 324. The standard InChI is InChI=1S/C11H24N3O3P/c1-8(2)7-11(13-14-12)18(15,16-9(3)4)17-10(5)6/h8-11H,7H2,1-6H3/t11-/m0/s1. The minimum Gasteiger partial charge on any atom is -0.306 e. The van der Waals surface area contributed by atoms with Crippen molar-refractivity contribution < 1.29 is 13.6 Å². The van der Waals surface area contributed by atoms with Gasteiger partial charge in [0.1, 0.15) is 5.78 Å². The molecule has 0 amide bonds. The summed E-state index contributed by atoms with van der Waals surface area (Å²) in [5.41, 5.74) is 8.61. The van der Waals surface area contributed by atoms with Crippen LogP contribution in [0.5, 0.6) is 0 Å². The first-order valence-corrected chi connectivity index (χ1v) is 7.83. The Kier molecular flexibility index (Phi) is 7.56. The van der Waals surface area contributed by atoms with Crippen LogP contribution in [0, 0.1) is 5.92 Å². The second-order valence-electron chi connectivity index (χ2n) is 5.16. The van der Waals surface area contributed by atoms with Crippen LogP contribution in [0.25, 0.3) is 10.4 Å². The molecular weight excluding hydrogens is 253 g/mol. The highest BCUT2D eigenvalue weighted by Crippen LogP contribution is 2.57. The summed E-state index contributed by atoms with van der Waals surface area (Å²) in [4.78, 5) is 2.76. The molecule has 0 unspecified atom stereocenters. The summed E-state index contributed by atoms with van der Waals surface area (Å²) in [6.07, 6.45) is -0.0305. The molecule has 0 aromatic heterocycles. The van der Waals surface area contributed by atoms with Gasteiger partial charge in [-0.1, -0.05) is 19.0 Å². The van der Waals surface area contributed by atoms with Gasteiger partial charge in [-0.2, -0.15) is 0 Å². The van der Waals surface area contributed by atoms with Crippen molar-refractivity contribution in [1.29, 1.82) is 0 Å². The summed E-state index contributed by atoms with van der Waals surface area (Å²) in [7, 11) is -3.43. The summed E-state index contributed by atoms with van der Waals surface area (Å²) in [6.45, 7) is 11.0. The zero-order valence-corrected chi connectivity index (χ0v) is 12.9. The molecule has 0 spiro atoms. The summed E-state index contributed by atoms with van der Waals surface area (Å²) in [6, 6.07) is 0. The van der Waals surface area contributed by atoms with Gasteiger partial charge in [-0.25, -0.2) is 0 Å². The van der Waals surface area contributed by atoms with Crippen molar-refractivity contribution in [1.82, 2.24) is 0 Å². The summed E-state index contributed by atoms with van der Waals surface area (Å²) >= 11 is 0. The van der Waals surface area contributed by atoms with Gasteiger partial charge in [-0.05, 0) is 45.6 Å². The van der Waals surface area contributed by atoms with Gasteiger partial charge in [-0.15, -0.1) is 0 Å². The van der Waals surface area contributed by atoms with E-state index in [0.29, 0.717) is 6.42 Å². The van der Waals surface area contributed by atoms with Crippen LogP contribution in [-0.4, -0.2) is 18.0 Å². The van der Waals surface area contributed by atoms with Gasteiger partial charge in [-0.3, -0.25) is 4.57 Å². The van der Waals surface area contributed by atoms with Crippen LogP contribution >= 0.6 is 7.60 Å². The highest BCUT2D eigenvalue weighted by Gasteiger charge is 2.37. The van der Waals surface area contributed by atoms with Gasteiger partial charge in [0.05, 0.1) is 12.2 Å². The van der Waals surface area contributed by atoms with Gasteiger partial charge in [0.15, 0.2) is 0 Å². The molecule has 0 radical (unpaired) electrons. The van der Waals surface area contributed by atoms with E-state index in [1.165, 1.54) is 0 Å². The molecule has 106 valence electrons. The molecule has 0 aliphatic rings. The van der Waals surface area contributed by atoms with Gasteiger partial charge < -0.3 is 9.05 Å². The molecule has 0 bridgehead atoms. The van der Waals surface area contributed by atoms with E-state index < -0.39 is 13.4 Å². The van der Waals surface area contributed by atoms with Gasteiger partial charge in [0.25, 0.3) is 0 Å². The quantitative estimate of drug-likeness (QED) is 0.278. The van der Waals surface area contributed by atoms with Gasteiger partial charge in [0.2, 0.25) is 0 Å². The van der Waals surface area contributed by atoms with Gasteiger partial charge >= 0.3 is 7.60 Å². The predicted octanol–water partition coefficient (Wildman–Crippen LogP) is 4.71. The van der Waals surface area contributed by atoms with Crippen molar-refractivity contribution in [2.45, 2.75) is 66.0 Å². The fraction of sp³-hybridized carbons (Fsp3) is 1.00. The normalized spacial score (nSPS) is 14.1. The first-order chi connectivity index (χ1) is 8.21. The molecule has 7 heteroatoms. The highest BCUT2D eigenvalue weighted by molar-refractivity contribution is 7.54. The lowest BCUT2D eigenvalue weighted by Crippen LogP contribution is -2.18. The average Bonchev–Trinajstić information content (AvgIpc) is 2.13. The smallest absolute Gasteiger partial charge is 0.306 e. The van der Waals surface area contributed by atoms with Crippen molar-refractivity contribution in [3.63, 3.8) is 0 Å². The lowest BCUT2D eigenvalue weighted by Gasteiger charge is -2.28. The molecule has 0 rings (SSSR count). The van der Waals surface area contributed by atoms with Crippen LogP contribution in [0.4, 0.5) is 0 Å². The molecule has 0 heterocycles. The van der Waals surface area contributed by atoms with Crippen molar-refractivity contribution in [3.8, 4) is 0 Å². The molecule has 0 aromatic rings. The molecule has 18 heavy (non-hydrogen) atoms. The Morgan fingerprint density at radius 1 is 1.11 bits per heavy atom. The fourth-order valence-electron chi connectivity index (χ4n) is 1.47. The average molecular weight is 277 g/mol. The fourth-order valence-corrected chi connectivity index (χ4v) is 3.83. The van der Waals surface area contributed by atoms with E-state index in [2.05, 4.69) is 10.0 Å². The molecule has 0 aromatic carbocycles. The molecular formula is C11H24N3O3P. The predicted molar refractivity (Wildman–Crippen MR) is 72.4 cm³/mol. The lowest BCUT2D eigenvalue weighted by molar-refractivity contribution is 0.135. The zero-order valence-electron chi connectivity index (χ0n) is 12.0. The van der Waals surface area contributed by atoms with Gasteiger partial charge in [0, 0.05) is 4.91 Å². The van der Waals surface area contributed by atoms with Crippen LogP contribution < -0.4 is 0 Å². The molecule has 0 N–H and O–H groups in total. The SMILES string of the molecule is CC(C)C[C@@H](N=[N+]=[N-])P(=O)(OC(C)C)OC(C)C. The maximum atomic E-state index is 12.8. The largest absolute Gasteiger partial charge is 0.340 e. The Labute approximate surface area is 109 Å². The van der Waals surface area contributed by atoms with Crippen LogP contribution in [0.1, 0.15) is 48.0 Å². The van der Waals surface area contributed by atoms with Crippen LogP contribution in [0.15, 0.2) is 5.11 Å². The summed E-state index contributed by atoms with van der Waals surface area (Å²) in [5, 5.41) is 3.61. The third-order valence-corrected chi connectivity index (χ3v) is 4.42. The first-order valence-electron chi connectivity index (χ1n) is 6.22. The van der Waals surface area contributed by atoms with Crippen molar-refractivity contribution in [2.24, 2.45) is 11.0 Å². The molecule has 0 aliphatic carbocycles. The zero-order chi connectivity index (χ0) is 14.3. The third-order valence-electron chi connectivity index (χ3n) is 1.95. The minimum atomic E-state index is -3.43. The number of rotatable bonds is 8. The Morgan fingerprint density at radius 3 is 1.83 bits per heavy atom. The van der Waals surface area contributed by atoms with E-state index >= 15 is 0 Å². The molecule has 1 atom stereocenters. The molecule has 0 aliphatic heterocycles. The van der Waals surface area contributed by atoms with E-state index in [4.69, 9.17) is 14.6 Å². The second-order valence-corrected chi connectivity index (χ2v) is 7.26. The maximum absolute atomic E-state index is 12.8. The summed E-state index contributed by atoms with van der Waals surface area (Å²) in [5.74, 6) is -0.535. The van der Waals surface area contributed by atoms with Crippen molar-refractivity contribution >= 4 is 7.60 Å². The third kappa shape index (κ3) is 6.41. The molecule has 6 nitrogen and oxygen atoms in total. The van der Waals surface area contributed by atoms with Crippen LogP contribution in [-0.2, 0) is 13.6 Å². The minimum absolute atomic E-state index is 0.236. The highest BCUT2D eigenvalue weighted by atomic mass is 31.2. The van der Waals surface area contributed by atoms with E-state index in [9.17, 15) is 4.57 Å². The lowest BCUT2D eigenvalue weighted by atomic mass is 10.1. The summed E-state index contributed by atoms with van der Waals surface area (Å²) < 4.78 is 23.6. The van der Waals surface area contributed by atoms with Crippen LogP contribution in [0.3, 0.4) is 0 Å². The number of hydrogen-bond acceptors (Lipinski definition) is 4. The molecule has 0 fully saturated rings. The topological polar surface area (TPSA) is 84.3 Å². The Balaban J connectivity index is 5.20. The second kappa shape index (κ2) is 7.80. The van der Waals surface area contributed by atoms with Crippen molar-refractivity contribution in [3.05, 3.63) is 10.4 Å². The monoisotopic (exact) mass is 277 g/mol. The van der Waals surface area contributed by atoms with E-state index in [1.807, 2.05) is 13.8 Å². The number of hydrogen-bond donors (Lipinski definition) is 0.